The molecule has 1 aliphatic heterocycles. The SMILES string of the molecule is C#CC(C)Oc1cc(N2C(=O)C3=C(CCCC3)C2=O)c(F)cc1Cl.COCC(C)N(C(=O)CCl)c1c(C)csc1C. The van der Waals surface area contributed by atoms with E-state index >= 15 is 0 Å². The van der Waals surface area contributed by atoms with Crippen LogP contribution in [-0.4, -0.2) is 49.5 Å². The fourth-order valence-corrected chi connectivity index (χ4v) is 6.02. The Morgan fingerprint density at radius 1 is 1.20 bits per heavy atom. The lowest BCUT2D eigenvalue weighted by Crippen LogP contribution is -2.42. The van der Waals surface area contributed by atoms with Gasteiger partial charge < -0.3 is 14.4 Å². The van der Waals surface area contributed by atoms with Crippen molar-refractivity contribution in [3.05, 3.63) is 49.9 Å². The number of anilines is 2. The second kappa shape index (κ2) is 14.3. The smallest absolute Gasteiger partial charge is 0.261 e. The van der Waals surface area contributed by atoms with Gasteiger partial charge in [0.25, 0.3) is 11.8 Å². The van der Waals surface area contributed by atoms with E-state index in [0.29, 0.717) is 30.6 Å². The van der Waals surface area contributed by atoms with Gasteiger partial charge in [-0.25, -0.2) is 9.29 Å². The van der Waals surface area contributed by atoms with E-state index in [1.807, 2.05) is 20.8 Å². The van der Waals surface area contributed by atoms with Gasteiger partial charge in [0, 0.05) is 29.2 Å². The molecule has 11 heteroatoms. The highest BCUT2D eigenvalue weighted by Crippen LogP contribution is 2.39. The van der Waals surface area contributed by atoms with Crippen LogP contribution in [0.1, 0.15) is 50.0 Å². The van der Waals surface area contributed by atoms with Crippen molar-refractivity contribution in [3.8, 4) is 18.1 Å². The van der Waals surface area contributed by atoms with E-state index in [0.717, 1.165) is 39.9 Å². The molecule has 2 aromatic rings. The number of hydrogen-bond acceptors (Lipinski definition) is 6. The molecule has 0 bridgehead atoms. The Morgan fingerprint density at radius 2 is 1.80 bits per heavy atom. The van der Waals surface area contributed by atoms with Crippen molar-refractivity contribution in [2.75, 3.05) is 29.4 Å². The maximum atomic E-state index is 14.4. The number of terminal acetylenes is 1. The van der Waals surface area contributed by atoms with E-state index in [-0.39, 0.29) is 34.3 Å². The molecule has 4 rings (SSSR count). The molecule has 0 radical (unpaired) electrons. The number of imide groups is 1. The van der Waals surface area contributed by atoms with Crippen LogP contribution in [0, 0.1) is 32.0 Å². The molecule has 41 heavy (non-hydrogen) atoms. The molecule has 2 unspecified atom stereocenters. The lowest BCUT2D eigenvalue weighted by molar-refractivity contribution is -0.121. The summed E-state index contributed by atoms with van der Waals surface area (Å²) in [6.45, 7) is 8.11. The largest absolute Gasteiger partial charge is 0.476 e. The molecular formula is C30H33Cl2FN2O5S. The first kappa shape index (κ1) is 32.6. The van der Waals surface area contributed by atoms with Crippen molar-refractivity contribution in [1.82, 2.24) is 0 Å². The van der Waals surface area contributed by atoms with Gasteiger partial charge in [-0.05, 0) is 70.4 Å². The summed E-state index contributed by atoms with van der Waals surface area (Å²) in [5, 5.41) is 2.08. The van der Waals surface area contributed by atoms with Gasteiger partial charge in [-0.15, -0.1) is 29.4 Å². The number of thiophene rings is 1. The zero-order valence-electron chi connectivity index (χ0n) is 23.7. The Bertz CT molecular complexity index is 1350. The van der Waals surface area contributed by atoms with E-state index in [1.54, 1.807) is 30.3 Å². The molecule has 7 nitrogen and oxygen atoms in total. The molecule has 0 saturated carbocycles. The number of carbonyl (C=O) groups excluding carboxylic acids is 3. The van der Waals surface area contributed by atoms with E-state index < -0.39 is 23.7 Å². The molecule has 2 atom stereocenters. The van der Waals surface area contributed by atoms with Gasteiger partial charge in [0.15, 0.2) is 6.10 Å². The maximum absolute atomic E-state index is 14.4. The van der Waals surface area contributed by atoms with Gasteiger partial charge in [-0.1, -0.05) is 17.5 Å². The summed E-state index contributed by atoms with van der Waals surface area (Å²) in [7, 11) is 1.63. The van der Waals surface area contributed by atoms with Crippen molar-refractivity contribution in [1.29, 1.82) is 0 Å². The Morgan fingerprint density at radius 3 is 2.29 bits per heavy atom. The highest BCUT2D eigenvalue weighted by molar-refractivity contribution is 7.10. The predicted molar refractivity (Wildman–Crippen MR) is 162 cm³/mol. The number of ether oxygens (including phenoxy) is 2. The van der Waals surface area contributed by atoms with Gasteiger partial charge in [-0.3, -0.25) is 14.4 Å². The minimum absolute atomic E-state index is 0.0111. The maximum Gasteiger partial charge on any atom is 0.261 e. The summed E-state index contributed by atoms with van der Waals surface area (Å²) < 4.78 is 24.9. The van der Waals surface area contributed by atoms with Crippen molar-refractivity contribution >= 4 is 63.6 Å². The first-order chi connectivity index (χ1) is 19.5. The molecule has 3 amide bonds. The number of methoxy groups -OCH3 is 1. The van der Waals surface area contributed by atoms with Crippen LogP contribution in [0.2, 0.25) is 5.02 Å². The van der Waals surface area contributed by atoms with E-state index in [9.17, 15) is 18.8 Å². The van der Waals surface area contributed by atoms with Crippen LogP contribution < -0.4 is 14.5 Å². The van der Waals surface area contributed by atoms with Crippen LogP contribution >= 0.6 is 34.5 Å². The molecule has 2 heterocycles. The van der Waals surface area contributed by atoms with Crippen molar-refractivity contribution < 1.29 is 28.2 Å². The summed E-state index contributed by atoms with van der Waals surface area (Å²) in [6.07, 6.45) is 7.47. The number of carbonyl (C=O) groups is 3. The Labute approximate surface area is 254 Å². The van der Waals surface area contributed by atoms with Crippen molar-refractivity contribution in [2.45, 2.75) is 65.5 Å². The van der Waals surface area contributed by atoms with Gasteiger partial charge in [0.05, 0.1) is 29.0 Å². The number of amides is 3. The number of nitrogens with zero attached hydrogens (tertiary/aromatic N) is 2. The molecule has 2 aliphatic rings. The summed E-state index contributed by atoms with van der Waals surface area (Å²) in [6, 6.07) is 2.26. The Hall–Kier alpha value is -2.90. The third-order valence-corrected chi connectivity index (χ3v) is 8.31. The molecule has 0 fully saturated rings. The zero-order chi connectivity index (χ0) is 30.4. The molecule has 1 aromatic heterocycles. The minimum Gasteiger partial charge on any atom is -0.476 e. The fourth-order valence-electron chi connectivity index (χ4n) is 4.86. The molecule has 0 N–H and O–H groups in total. The van der Waals surface area contributed by atoms with Crippen LogP contribution in [0.25, 0.3) is 0 Å². The van der Waals surface area contributed by atoms with Crippen molar-refractivity contribution in [3.63, 3.8) is 0 Å². The van der Waals surface area contributed by atoms with E-state index in [2.05, 4.69) is 11.3 Å². The predicted octanol–water partition coefficient (Wildman–Crippen LogP) is 6.60. The summed E-state index contributed by atoms with van der Waals surface area (Å²) in [5.41, 5.74) is 2.89. The Balaban J connectivity index is 0.000000241. The molecule has 220 valence electrons. The quantitative estimate of drug-likeness (QED) is 0.188. The van der Waals surface area contributed by atoms with Crippen LogP contribution in [0.15, 0.2) is 28.7 Å². The number of benzene rings is 1. The molecule has 0 saturated heterocycles. The van der Waals surface area contributed by atoms with Gasteiger partial charge in [0.1, 0.15) is 17.4 Å². The Kier molecular flexibility index (Phi) is 11.4. The summed E-state index contributed by atoms with van der Waals surface area (Å²) >= 11 is 13.3. The van der Waals surface area contributed by atoms with Crippen LogP contribution in [-0.2, 0) is 19.1 Å². The summed E-state index contributed by atoms with van der Waals surface area (Å²) in [4.78, 5) is 40.8. The first-order valence-corrected chi connectivity index (χ1v) is 14.9. The third kappa shape index (κ3) is 7.12. The third-order valence-electron chi connectivity index (χ3n) is 6.76. The van der Waals surface area contributed by atoms with Gasteiger partial charge >= 0.3 is 0 Å². The van der Waals surface area contributed by atoms with E-state index in [4.69, 9.17) is 39.1 Å². The molecule has 1 aromatic carbocycles. The first-order valence-electron chi connectivity index (χ1n) is 13.1. The minimum atomic E-state index is -0.762. The lowest BCUT2D eigenvalue weighted by atomic mass is 9.93. The number of alkyl halides is 1. The molecular weight excluding hydrogens is 590 g/mol. The number of halogens is 3. The van der Waals surface area contributed by atoms with Gasteiger partial charge in [0.2, 0.25) is 5.91 Å². The van der Waals surface area contributed by atoms with Crippen LogP contribution in [0.5, 0.6) is 5.75 Å². The second-order valence-corrected chi connectivity index (χ2v) is 11.6. The number of hydrogen-bond donors (Lipinski definition) is 0. The van der Waals surface area contributed by atoms with E-state index in [1.165, 1.54) is 6.07 Å². The topological polar surface area (TPSA) is 76.2 Å². The number of rotatable bonds is 8. The normalized spacial score (nSPS) is 16.0. The fraction of sp³-hybridized carbons (Fsp3) is 0.433. The van der Waals surface area contributed by atoms with Crippen LogP contribution in [0.4, 0.5) is 15.8 Å². The van der Waals surface area contributed by atoms with Crippen molar-refractivity contribution in [2.24, 2.45) is 0 Å². The average molecular weight is 624 g/mol. The van der Waals surface area contributed by atoms with Crippen LogP contribution in [0.3, 0.4) is 0 Å². The zero-order valence-corrected chi connectivity index (χ0v) is 26.0. The highest BCUT2D eigenvalue weighted by atomic mass is 35.5. The standard InChI is InChI=1S/C18H15ClFNO3.C12H18ClNO2S/c1-3-10(2)24-16-9-15(14(20)8-13(16)19)21-17(22)11-6-4-5-7-12(11)18(21)23;1-8-7-17-10(3)12(8)14(11(15)5-13)9(2)6-16-4/h1,8-10H,4-7H2,2H3;7,9H,5-6H2,1-4H3. The lowest BCUT2D eigenvalue weighted by Gasteiger charge is -2.29. The molecule has 1 aliphatic carbocycles. The number of aryl methyl sites for hydroxylation is 2. The summed E-state index contributed by atoms with van der Waals surface area (Å²) in [5.74, 6) is 0.714. The van der Waals surface area contributed by atoms with Gasteiger partial charge in [-0.2, -0.15) is 0 Å². The average Bonchev–Trinajstić information content (AvgIpc) is 3.41. The monoisotopic (exact) mass is 622 g/mol. The molecule has 0 spiro atoms. The second-order valence-electron chi connectivity index (χ2n) is 9.80. The highest BCUT2D eigenvalue weighted by Gasteiger charge is 2.41.